The summed E-state index contributed by atoms with van der Waals surface area (Å²) in [6.45, 7) is -1.31. The number of hydrogen-bond acceptors (Lipinski definition) is 6. The van der Waals surface area contributed by atoms with Crippen LogP contribution < -0.4 is 0 Å². The van der Waals surface area contributed by atoms with Crippen LogP contribution in [-0.4, -0.2) is 46.4 Å². The Kier molecular flexibility index (Phi) is 8.98. The van der Waals surface area contributed by atoms with Crippen LogP contribution in [0.1, 0.15) is 0 Å². The predicted octanol–water partition coefficient (Wildman–Crippen LogP) is 0.907. The Morgan fingerprint density at radius 2 is 1.27 bits per heavy atom. The SMILES string of the molecule is OCC(CO)(COP(O)Cl)COP(O)Cl. The first-order valence-corrected chi connectivity index (χ1v) is 7.96. The van der Waals surface area contributed by atoms with E-state index in [0.29, 0.717) is 0 Å². The van der Waals surface area contributed by atoms with Crippen LogP contribution in [0, 0.1) is 5.41 Å². The summed E-state index contributed by atoms with van der Waals surface area (Å²) < 4.78 is 9.38. The third-order valence-corrected chi connectivity index (χ3v) is 2.90. The Morgan fingerprint density at radius 1 is 0.933 bits per heavy atom. The Balaban J connectivity index is 4.17. The number of aliphatic hydroxyl groups excluding tert-OH is 2. The lowest BCUT2D eigenvalue weighted by Crippen LogP contribution is -2.38. The Bertz CT molecular complexity index is 154. The third kappa shape index (κ3) is 7.18. The van der Waals surface area contributed by atoms with Crippen molar-refractivity contribution < 1.29 is 29.0 Å². The van der Waals surface area contributed by atoms with Gasteiger partial charge < -0.3 is 29.0 Å². The van der Waals surface area contributed by atoms with Crippen molar-refractivity contribution in [3.8, 4) is 0 Å². The molecule has 0 amide bonds. The van der Waals surface area contributed by atoms with Crippen molar-refractivity contribution in [1.82, 2.24) is 0 Å². The molecule has 0 aromatic heterocycles. The van der Waals surface area contributed by atoms with Crippen molar-refractivity contribution in [2.75, 3.05) is 26.4 Å². The van der Waals surface area contributed by atoms with Crippen molar-refractivity contribution >= 4 is 37.9 Å². The van der Waals surface area contributed by atoms with E-state index in [1.54, 1.807) is 0 Å². The molecule has 0 bridgehead atoms. The lowest BCUT2D eigenvalue weighted by Gasteiger charge is -2.28. The van der Waals surface area contributed by atoms with Gasteiger partial charge in [0, 0.05) is 0 Å². The van der Waals surface area contributed by atoms with E-state index in [0.717, 1.165) is 0 Å². The molecule has 2 unspecified atom stereocenters. The molecule has 0 aromatic rings. The molecule has 6 nitrogen and oxygen atoms in total. The van der Waals surface area contributed by atoms with Crippen molar-refractivity contribution in [2.45, 2.75) is 0 Å². The van der Waals surface area contributed by atoms with Crippen LogP contribution in [0.5, 0.6) is 0 Å². The molecule has 0 aliphatic rings. The molecule has 0 saturated heterocycles. The first kappa shape index (κ1) is 16.2. The summed E-state index contributed by atoms with van der Waals surface area (Å²) in [5.41, 5.74) is -1.14. The maximum atomic E-state index is 9.05. The van der Waals surface area contributed by atoms with Gasteiger partial charge in [0.05, 0.1) is 31.8 Å². The fourth-order valence-corrected chi connectivity index (χ4v) is 1.71. The van der Waals surface area contributed by atoms with Gasteiger partial charge in [-0.3, -0.25) is 0 Å². The standard InChI is InChI=1S/C5H12Cl2O6P2/c6-14(10)12-3-5(1-8,2-9)4-13-15(7)11/h8-11H,1-4H2. The topological polar surface area (TPSA) is 99.4 Å². The highest BCUT2D eigenvalue weighted by atomic mass is 35.7. The maximum Gasteiger partial charge on any atom is 0.274 e. The highest BCUT2D eigenvalue weighted by molar-refractivity contribution is 7.75. The van der Waals surface area contributed by atoms with Crippen LogP contribution in [0.15, 0.2) is 0 Å². The summed E-state index contributed by atoms with van der Waals surface area (Å²) in [5, 5.41) is 18.1. The summed E-state index contributed by atoms with van der Waals surface area (Å²) in [7, 11) is -4.20. The lowest BCUT2D eigenvalue weighted by molar-refractivity contribution is -0.0159. The van der Waals surface area contributed by atoms with Gasteiger partial charge >= 0.3 is 0 Å². The van der Waals surface area contributed by atoms with E-state index < -0.39 is 34.1 Å². The minimum absolute atomic E-state index is 0.203. The molecule has 0 aliphatic carbocycles. The molecular weight excluding hydrogens is 289 g/mol. The monoisotopic (exact) mass is 300 g/mol. The molecule has 0 spiro atoms. The van der Waals surface area contributed by atoms with Crippen LogP contribution in [0.3, 0.4) is 0 Å². The molecule has 15 heavy (non-hydrogen) atoms. The van der Waals surface area contributed by atoms with Crippen molar-refractivity contribution in [1.29, 1.82) is 0 Å². The highest BCUT2D eigenvalue weighted by Crippen LogP contribution is 2.41. The summed E-state index contributed by atoms with van der Waals surface area (Å²) >= 11 is 10.4. The van der Waals surface area contributed by atoms with E-state index in [9.17, 15) is 0 Å². The molecule has 0 rings (SSSR count). The molecule has 0 aliphatic heterocycles. The molecule has 0 heterocycles. The van der Waals surface area contributed by atoms with Crippen LogP contribution in [0.4, 0.5) is 0 Å². The van der Waals surface area contributed by atoms with Crippen LogP contribution >= 0.6 is 37.9 Å². The van der Waals surface area contributed by atoms with Gasteiger partial charge in [0.2, 0.25) is 0 Å². The van der Waals surface area contributed by atoms with Gasteiger partial charge in [0.25, 0.3) is 15.5 Å². The van der Waals surface area contributed by atoms with Crippen molar-refractivity contribution in [2.24, 2.45) is 5.41 Å². The van der Waals surface area contributed by atoms with Gasteiger partial charge in [-0.05, 0) is 22.5 Å². The molecule has 92 valence electrons. The minimum atomic E-state index is -2.10. The van der Waals surface area contributed by atoms with E-state index in [4.69, 9.17) is 42.5 Å². The Morgan fingerprint density at radius 3 is 1.47 bits per heavy atom. The molecule has 4 N–H and O–H groups in total. The zero-order valence-corrected chi connectivity index (χ0v) is 10.9. The normalized spacial score (nSPS) is 16.4. The second-order valence-electron chi connectivity index (χ2n) is 2.82. The molecule has 0 radical (unpaired) electrons. The zero-order chi connectivity index (χ0) is 11.9. The van der Waals surface area contributed by atoms with E-state index in [1.807, 2.05) is 0 Å². The smallest absolute Gasteiger partial charge is 0.274 e. The fourth-order valence-electron chi connectivity index (χ4n) is 0.655. The predicted molar refractivity (Wildman–Crippen MR) is 58.5 cm³/mol. The number of rotatable bonds is 8. The Hall–Kier alpha value is 1.20. The lowest BCUT2D eigenvalue weighted by atomic mass is 9.93. The minimum Gasteiger partial charge on any atom is -0.396 e. The summed E-state index contributed by atoms with van der Waals surface area (Å²) in [6.07, 6.45) is 0. The van der Waals surface area contributed by atoms with Crippen LogP contribution in [0.2, 0.25) is 0 Å². The first-order chi connectivity index (χ1) is 6.95. The average molecular weight is 301 g/mol. The second kappa shape index (κ2) is 8.31. The molecule has 0 aromatic carbocycles. The Labute approximate surface area is 99.1 Å². The van der Waals surface area contributed by atoms with Gasteiger partial charge in [-0.1, -0.05) is 0 Å². The summed E-state index contributed by atoms with van der Waals surface area (Å²) in [6, 6.07) is 0. The second-order valence-corrected chi connectivity index (χ2v) is 5.97. The van der Waals surface area contributed by atoms with Crippen molar-refractivity contribution in [3.05, 3.63) is 0 Å². The largest absolute Gasteiger partial charge is 0.396 e. The first-order valence-electron chi connectivity index (χ1n) is 3.73. The number of halogens is 2. The van der Waals surface area contributed by atoms with Gasteiger partial charge in [-0.25, -0.2) is 0 Å². The zero-order valence-electron chi connectivity index (χ0n) is 7.58. The van der Waals surface area contributed by atoms with E-state index in [-0.39, 0.29) is 13.2 Å². The number of hydrogen-bond donors (Lipinski definition) is 4. The molecular formula is C5H12Cl2O6P2. The van der Waals surface area contributed by atoms with Gasteiger partial charge in [0.1, 0.15) is 0 Å². The molecule has 0 fully saturated rings. The van der Waals surface area contributed by atoms with Crippen LogP contribution in [-0.2, 0) is 9.05 Å². The van der Waals surface area contributed by atoms with E-state index in [1.165, 1.54) is 0 Å². The van der Waals surface area contributed by atoms with Crippen molar-refractivity contribution in [3.63, 3.8) is 0 Å². The van der Waals surface area contributed by atoms with Gasteiger partial charge in [-0.2, -0.15) is 0 Å². The van der Waals surface area contributed by atoms with Crippen LogP contribution in [0.25, 0.3) is 0 Å². The van der Waals surface area contributed by atoms with E-state index >= 15 is 0 Å². The fraction of sp³-hybridized carbons (Fsp3) is 1.00. The highest BCUT2D eigenvalue weighted by Gasteiger charge is 2.32. The quantitative estimate of drug-likeness (QED) is 0.497. The van der Waals surface area contributed by atoms with Gasteiger partial charge in [0.15, 0.2) is 0 Å². The molecule has 2 atom stereocenters. The molecule has 10 heteroatoms. The molecule has 0 saturated carbocycles. The average Bonchev–Trinajstić information content (AvgIpc) is 2.19. The third-order valence-electron chi connectivity index (χ3n) is 1.63. The number of aliphatic hydroxyl groups is 2. The van der Waals surface area contributed by atoms with E-state index in [2.05, 4.69) is 9.05 Å². The maximum absolute atomic E-state index is 9.05. The summed E-state index contributed by atoms with van der Waals surface area (Å²) in [5.74, 6) is 0. The van der Waals surface area contributed by atoms with Gasteiger partial charge in [-0.15, -0.1) is 0 Å². The summed E-state index contributed by atoms with van der Waals surface area (Å²) in [4.78, 5) is 17.4.